The van der Waals surface area contributed by atoms with Crippen molar-refractivity contribution in [2.75, 3.05) is 19.6 Å². The smallest absolute Gasteiger partial charge is 0.0294 e. The van der Waals surface area contributed by atoms with E-state index in [-0.39, 0.29) is 0 Å². The highest BCUT2D eigenvalue weighted by Crippen LogP contribution is 2.31. The summed E-state index contributed by atoms with van der Waals surface area (Å²) in [6.07, 6.45) is 4.26. The lowest BCUT2D eigenvalue weighted by molar-refractivity contribution is 0.310. The standard InChI is InChI=1S/C19H30N2/c1-13-9-15(3)19(10-14(13)2)16(4)20-11-17-7-8-21(12-17)18-5-6-18/h9-10,16-18,20H,5-8,11-12H2,1-4H3. The molecule has 116 valence electrons. The minimum absolute atomic E-state index is 0.458. The van der Waals surface area contributed by atoms with Gasteiger partial charge in [-0.1, -0.05) is 12.1 Å². The van der Waals surface area contributed by atoms with Crippen molar-refractivity contribution in [3.05, 3.63) is 34.4 Å². The molecule has 21 heavy (non-hydrogen) atoms. The third-order valence-corrected chi connectivity index (χ3v) is 5.44. The number of nitrogens with zero attached hydrogens (tertiary/aromatic N) is 1. The molecule has 2 unspecified atom stereocenters. The lowest BCUT2D eigenvalue weighted by Crippen LogP contribution is -2.29. The van der Waals surface area contributed by atoms with Gasteiger partial charge in [0.05, 0.1) is 0 Å². The molecule has 2 heteroatoms. The molecule has 2 aliphatic rings. The second kappa shape index (κ2) is 6.10. The Bertz CT molecular complexity index is 505. The van der Waals surface area contributed by atoms with Crippen LogP contribution >= 0.6 is 0 Å². The molecule has 1 saturated carbocycles. The Balaban J connectivity index is 1.54. The normalized spacial score (nSPS) is 24.5. The van der Waals surface area contributed by atoms with Crippen LogP contribution in [0.5, 0.6) is 0 Å². The Labute approximate surface area is 129 Å². The minimum atomic E-state index is 0.458. The molecule has 2 atom stereocenters. The van der Waals surface area contributed by atoms with E-state index in [0.717, 1.165) is 18.5 Å². The van der Waals surface area contributed by atoms with Crippen LogP contribution in [0.25, 0.3) is 0 Å². The number of likely N-dealkylation sites (tertiary alicyclic amines) is 1. The first kappa shape index (κ1) is 15.1. The number of hydrogen-bond donors (Lipinski definition) is 1. The number of aryl methyl sites for hydroxylation is 3. The van der Waals surface area contributed by atoms with Crippen LogP contribution in [-0.2, 0) is 0 Å². The second-order valence-corrected chi connectivity index (χ2v) is 7.30. The van der Waals surface area contributed by atoms with Crippen molar-refractivity contribution in [3.8, 4) is 0 Å². The van der Waals surface area contributed by atoms with Crippen molar-refractivity contribution >= 4 is 0 Å². The second-order valence-electron chi connectivity index (χ2n) is 7.30. The molecule has 1 aromatic carbocycles. The summed E-state index contributed by atoms with van der Waals surface area (Å²) in [5.74, 6) is 0.847. The zero-order valence-corrected chi connectivity index (χ0v) is 14.1. The molecule has 1 saturated heterocycles. The maximum atomic E-state index is 3.78. The Morgan fingerprint density at radius 3 is 2.52 bits per heavy atom. The summed E-state index contributed by atoms with van der Waals surface area (Å²) in [6.45, 7) is 12.8. The minimum Gasteiger partial charge on any atom is -0.310 e. The molecule has 0 radical (unpaired) electrons. The van der Waals surface area contributed by atoms with Crippen LogP contribution in [0.15, 0.2) is 12.1 Å². The van der Waals surface area contributed by atoms with Gasteiger partial charge in [-0.2, -0.15) is 0 Å². The van der Waals surface area contributed by atoms with Crippen LogP contribution in [0.3, 0.4) is 0 Å². The highest BCUT2D eigenvalue weighted by atomic mass is 15.2. The molecule has 1 N–H and O–H groups in total. The molecule has 0 aromatic heterocycles. The quantitative estimate of drug-likeness (QED) is 0.887. The van der Waals surface area contributed by atoms with Crippen LogP contribution in [0.1, 0.15) is 54.5 Å². The Morgan fingerprint density at radius 1 is 1.10 bits per heavy atom. The molecule has 1 heterocycles. The van der Waals surface area contributed by atoms with Gasteiger partial charge in [0.15, 0.2) is 0 Å². The van der Waals surface area contributed by atoms with E-state index in [1.807, 2.05) is 0 Å². The SMILES string of the molecule is Cc1cc(C)c(C(C)NCC2CCN(C3CC3)C2)cc1C. The third-order valence-electron chi connectivity index (χ3n) is 5.44. The monoisotopic (exact) mass is 286 g/mol. The summed E-state index contributed by atoms with van der Waals surface area (Å²) < 4.78 is 0. The zero-order valence-electron chi connectivity index (χ0n) is 14.1. The molecule has 3 rings (SSSR count). The molecule has 1 aliphatic heterocycles. The van der Waals surface area contributed by atoms with Crippen LogP contribution in [0, 0.1) is 26.7 Å². The summed E-state index contributed by atoms with van der Waals surface area (Å²) in [5, 5.41) is 3.78. The molecule has 0 spiro atoms. The zero-order chi connectivity index (χ0) is 15.0. The van der Waals surface area contributed by atoms with E-state index >= 15 is 0 Å². The Morgan fingerprint density at radius 2 is 1.81 bits per heavy atom. The average Bonchev–Trinajstić information content (AvgIpc) is 3.19. The van der Waals surface area contributed by atoms with Crippen LogP contribution in [-0.4, -0.2) is 30.6 Å². The van der Waals surface area contributed by atoms with Crippen molar-refractivity contribution in [2.45, 2.75) is 59.0 Å². The summed E-state index contributed by atoms with van der Waals surface area (Å²) in [6, 6.07) is 6.09. The lowest BCUT2D eigenvalue weighted by Gasteiger charge is -2.21. The van der Waals surface area contributed by atoms with Gasteiger partial charge in [0.25, 0.3) is 0 Å². The fourth-order valence-corrected chi connectivity index (χ4v) is 3.70. The average molecular weight is 286 g/mol. The first-order valence-electron chi connectivity index (χ1n) is 8.59. The first-order chi connectivity index (χ1) is 10.0. The van der Waals surface area contributed by atoms with E-state index in [4.69, 9.17) is 0 Å². The van der Waals surface area contributed by atoms with Gasteiger partial charge in [-0.05, 0) is 88.2 Å². The van der Waals surface area contributed by atoms with E-state index in [0.29, 0.717) is 6.04 Å². The molecular weight excluding hydrogens is 256 g/mol. The van der Waals surface area contributed by atoms with Crippen LogP contribution in [0.4, 0.5) is 0 Å². The molecule has 2 nitrogen and oxygen atoms in total. The van der Waals surface area contributed by atoms with Crippen molar-refractivity contribution in [3.63, 3.8) is 0 Å². The molecule has 1 aliphatic carbocycles. The number of benzene rings is 1. The van der Waals surface area contributed by atoms with Gasteiger partial charge in [-0.25, -0.2) is 0 Å². The van der Waals surface area contributed by atoms with Crippen molar-refractivity contribution < 1.29 is 0 Å². The van der Waals surface area contributed by atoms with Gasteiger partial charge < -0.3 is 10.2 Å². The summed E-state index contributed by atoms with van der Waals surface area (Å²) >= 11 is 0. The number of nitrogens with one attached hydrogen (secondary N) is 1. The van der Waals surface area contributed by atoms with Gasteiger partial charge in [0.2, 0.25) is 0 Å². The lowest BCUT2D eigenvalue weighted by atomic mass is 9.96. The van der Waals surface area contributed by atoms with Crippen molar-refractivity contribution in [2.24, 2.45) is 5.92 Å². The fourth-order valence-electron chi connectivity index (χ4n) is 3.70. The topological polar surface area (TPSA) is 15.3 Å². The van der Waals surface area contributed by atoms with Gasteiger partial charge in [-0.3, -0.25) is 0 Å². The molecule has 1 aromatic rings. The van der Waals surface area contributed by atoms with E-state index in [2.05, 4.69) is 50.0 Å². The molecule has 0 amide bonds. The van der Waals surface area contributed by atoms with E-state index in [1.54, 1.807) is 0 Å². The van der Waals surface area contributed by atoms with Crippen LogP contribution in [0.2, 0.25) is 0 Å². The van der Waals surface area contributed by atoms with Gasteiger partial charge in [-0.15, -0.1) is 0 Å². The van der Waals surface area contributed by atoms with Crippen LogP contribution < -0.4 is 5.32 Å². The van der Waals surface area contributed by atoms with Gasteiger partial charge >= 0.3 is 0 Å². The van der Waals surface area contributed by atoms with E-state index in [1.165, 1.54) is 54.6 Å². The highest BCUT2D eigenvalue weighted by Gasteiger charge is 2.34. The Kier molecular flexibility index (Phi) is 4.37. The Hall–Kier alpha value is -0.860. The fraction of sp³-hybridized carbons (Fsp3) is 0.684. The third kappa shape index (κ3) is 3.49. The maximum Gasteiger partial charge on any atom is 0.0294 e. The molecular formula is C19H30N2. The van der Waals surface area contributed by atoms with Crippen molar-refractivity contribution in [1.29, 1.82) is 0 Å². The van der Waals surface area contributed by atoms with Crippen molar-refractivity contribution in [1.82, 2.24) is 10.2 Å². The number of hydrogen-bond acceptors (Lipinski definition) is 2. The van der Waals surface area contributed by atoms with Gasteiger partial charge in [0, 0.05) is 18.6 Å². The summed E-state index contributed by atoms with van der Waals surface area (Å²) in [4.78, 5) is 2.71. The van der Waals surface area contributed by atoms with E-state index in [9.17, 15) is 0 Å². The summed E-state index contributed by atoms with van der Waals surface area (Å²) in [5.41, 5.74) is 5.70. The highest BCUT2D eigenvalue weighted by molar-refractivity contribution is 5.38. The predicted octanol–water partition coefficient (Wildman–Crippen LogP) is 3.75. The molecule has 2 fully saturated rings. The molecule has 0 bridgehead atoms. The first-order valence-corrected chi connectivity index (χ1v) is 8.59. The largest absolute Gasteiger partial charge is 0.310 e. The van der Waals surface area contributed by atoms with Gasteiger partial charge in [0.1, 0.15) is 0 Å². The maximum absolute atomic E-state index is 3.78. The predicted molar refractivity (Wildman–Crippen MR) is 89.8 cm³/mol. The van der Waals surface area contributed by atoms with E-state index < -0.39 is 0 Å². The number of rotatable bonds is 5. The summed E-state index contributed by atoms with van der Waals surface area (Å²) in [7, 11) is 0.